The van der Waals surface area contributed by atoms with Crippen molar-refractivity contribution >= 4 is 44.9 Å². The van der Waals surface area contributed by atoms with Crippen LogP contribution in [0.3, 0.4) is 0 Å². The molecule has 0 aromatic heterocycles. The highest BCUT2D eigenvalue weighted by Gasteiger charge is 2.18. The molecule has 0 spiro atoms. The SMILES string of the molecule is O=C(Nc1ccc(Br)cc1C(=O)c1ccccc1Cl)c1ccc(F)cc1. The third-order valence-electron chi connectivity index (χ3n) is 3.70. The Morgan fingerprint density at radius 1 is 0.923 bits per heavy atom. The van der Waals surface area contributed by atoms with Gasteiger partial charge in [-0.1, -0.05) is 39.7 Å². The summed E-state index contributed by atoms with van der Waals surface area (Å²) in [7, 11) is 0. The molecule has 0 atom stereocenters. The maximum atomic E-state index is 13.0. The fourth-order valence-corrected chi connectivity index (χ4v) is 2.98. The van der Waals surface area contributed by atoms with Crippen LogP contribution in [0.15, 0.2) is 71.2 Å². The molecular weight excluding hydrogens is 421 g/mol. The Hall–Kier alpha value is -2.50. The zero-order valence-electron chi connectivity index (χ0n) is 13.3. The van der Waals surface area contributed by atoms with Crippen molar-refractivity contribution in [3.8, 4) is 0 Å². The van der Waals surface area contributed by atoms with Gasteiger partial charge in [-0.15, -0.1) is 0 Å². The lowest BCUT2D eigenvalue weighted by Crippen LogP contribution is -2.15. The van der Waals surface area contributed by atoms with Crippen LogP contribution < -0.4 is 5.32 Å². The van der Waals surface area contributed by atoms with E-state index in [4.69, 9.17) is 11.6 Å². The number of amides is 1. The highest BCUT2D eigenvalue weighted by Crippen LogP contribution is 2.27. The summed E-state index contributed by atoms with van der Waals surface area (Å²) in [6, 6.07) is 16.8. The van der Waals surface area contributed by atoms with Crippen molar-refractivity contribution in [2.45, 2.75) is 0 Å². The first kappa shape index (κ1) is 18.3. The first-order chi connectivity index (χ1) is 12.5. The highest BCUT2D eigenvalue weighted by atomic mass is 79.9. The van der Waals surface area contributed by atoms with Gasteiger partial charge in [0, 0.05) is 21.2 Å². The van der Waals surface area contributed by atoms with Crippen molar-refractivity contribution in [2.24, 2.45) is 0 Å². The van der Waals surface area contributed by atoms with E-state index in [0.29, 0.717) is 26.3 Å². The van der Waals surface area contributed by atoms with Crippen LogP contribution in [-0.4, -0.2) is 11.7 Å². The topological polar surface area (TPSA) is 46.2 Å². The monoisotopic (exact) mass is 431 g/mol. The number of nitrogens with one attached hydrogen (secondary N) is 1. The van der Waals surface area contributed by atoms with Crippen molar-refractivity contribution in [2.75, 3.05) is 5.32 Å². The lowest BCUT2D eigenvalue weighted by molar-refractivity contribution is 0.102. The number of carbonyl (C=O) groups excluding carboxylic acids is 2. The Labute approximate surface area is 162 Å². The Morgan fingerprint density at radius 2 is 1.62 bits per heavy atom. The molecule has 0 aliphatic rings. The van der Waals surface area contributed by atoms with E-state index in [2.05, 4.69) is 21.2 Å². The van der Waals surface area contributed by atoms with Gasteiger partial charge in [0.2, 0.25) is 0 Å². The van der Waals surface area contributed by atoms with E-state index in [1.165, 1.54) is 24.3 Å². The summed E-state index contributed by atoms with van der Waals surface area (Å²) in [6.07, 6.45) is 0. The molecule has 130 valence electrons. The number of ketones is 1. The molecule has 0 aliphatic heterocycles. The van der Waals surface area contributed by atoms with Gasteiger partial charge in [0.15, 0.2) is 5.78 Å². The van der Waals surface area contributed by atoms with Gasteiger partial charge >= 0.3 is 0 Å². The van der Waals surface area contributed by atoms with Gasteiger partial charge in [0.25, 0.3) is 5.91 Å². The summed E-state index contributed by atoms with van der Waals surface area (Å²) >= 11 is 9.46. The van der Waals surface area contributed by atoms with Crippen LogP contribution in [0.4, 0.5) is 10.1 Å². The Bertz CT molecular complexity index is 989. The molecule has 0 saturated carbocycles. The van der Waals surface area contributed by atoms with Crippen LogP contribution in [0.2, 0.25) is 5.02 Å². The first-order valence-electron chi connectivity index (χ1n) is 7.61. The van der Waals surface area contributed by atoms with E-state index in [-0.39, 0.29) is 11.3 Å². The van der Waals surface area contributed by atoms with E-state index in [1.807, 2.05) is 0 Å². The largest absolute Gasteiger partial charge is 0.321 e. The van der Waals surface area contributed by atoms with Crippen molar-refractivity contribution in [1.29, 1.82) is 0 Å². The molecule has 3 nitrogen and oxygen atoms in total. The second-order valence-corrected chi connectivity index (χ2v) is 6.78. The van der Waals surface area contributed by atoms with E-state index < -0.39 is 11.7 Å². The molecule has 0 heterocycles. The Morgan fingerprint density at radius 3 is 2.31 bits per heavy atom. The summed E-state index contributed by atoms with van der Waals surface area (Å²) in [5.74, 6) is -1.19. The van der Waals surface area contributed by atoms with E-state index in [1.54, 1.807) is 42.5 Å². The van der Waals surface area contributed by atoms with Crippen LogP contribution in [0.5, 0.6) is 0 Å². The second kappa shape index (κ2) is 7.81. The lowest BCUT2D eigenvalue weighted by Gasteiger charge is -2.12. The minimum atomic E-state index is -0.444. The molecule has 3 aromatic carbocycles. The van der Waals surface area contributed by atoms with E-state index in [9.17, 15) is 14.0 Å². The zero-order valence-corrected chi connectivity index (χ0v) is 15.6. The van der Waals surface area contributed by atoms with Gasteiger partial charge in [-0.25, -0.2) is 4.39 Å². The van der Waals surface area contributed by atoms with Gasteiger partial charge in [-0.3, -0.25) is 9.59 Å². The van der Waals surface area contributed by atoms with Crippen LogP contribution in [0, 0.1) is 5.82 Å². The molecular formula is C20H12BrClFNO2. The molecule has 6 heteroatoms. The Balaban J connectivity index is 1.96. The molecule has 26 heavy (non-hydrogen) atoms. The zero-order chi connectivity index (χ0) is 18.7. The number of rotatable bonds is 4. The molecule has 1 amide bonds. The number of hydrogen-bond donors (Lipinski definition) is 1. The number of carbonyl (C=O) groups is 2. The molecule has 3 aromatic rings. The fraction of sp³-hybridized carbons (Fsp3) is 0. The molecule has 0 bridgehead atoms. The minimum absolute atomic E-state index is 0.283. The summed E-state index contributed by atoms with van der Waals surface area (Å²) in [5.41, 5.74) is 1.25. The third-order valence-corrected chi connectivity index (χ3v) is 4.52. The quantitative estimate of drug-likeness (QED) is 0.536. The van der Waals surface area contributed by atoms with E-state index in [0.717, 1.165) is 0 Å². The molecule has 1 N–H and O–H groups in total. The van der Waals surface area contributed by atoms with Crippen LogP contribution in [0.25, 0.3) is 0 Å². The maximum Gasteiger partial charge on any atom is 0.255 e. The molecule has 3 rings (SSSR count). The van der Waals surface area contributed by atoms with Crippen molar-refractivity contribution in [3.63, 3.8) is 0 Å². The van der Waals surface area contributed by atoms with Crippen LogP contribution in [0.1, 0.15) is 26.3 Å². The predicted molar refractivity (Wildman–Crippen MR) is 103 cm³/mol. The van der Waals surface area contributed by atoms with Gasteiger partial charge < -0.3 is 5.32 Å². The first-order valence-corrected chi connectivity index (χ1v) is 8.78. The van der Waals surface area contributed by atoms with Gasteiger partial charge in [0.1, 0.15) is 5.82 Å². The molecule has 0 fully saturated rings. The number of halogens is 3. The fourth-order valence-electron chi connectivity index (χ4n) is 2.40. The summed E-state index contributed by atoms with van der Waals surface area (Å²) in [5, 5.41) is 3.02. The van der Waals surface area contributed by atoms with Gasteiger partial charge in [-0.2, -0.15) is 0 Å². The van der Waals surface area contributed by atoms with Crippen LogP contribution in [-0.2, 0) is 0 Å². The Kier molecular flexibility index (Phi) is 5.49. The van der Waals surface area contributed by atoms with Gasteiger partial charge in [-0.05, 0) is 54.6 Å². The number of hydrogen-bond acceptors (Lipinski definition) is 2. The summed E-state index contributed by atoms with van der Waals surface area (Å²) in [6.45, 7) is 0. The lowest BCUT2D eigenvalue weighted by atomic mass is 10.0. The average molecular weight is 433 g/mol. The normalized spacial score (nSPS) is 10.4. The smallest absolute Gasteiger partial charge is 0.255 e. The highest BCUT2D eigenvalue weighted by molar-refractivity contribution is 9.10. The average Bonchev–Trinajstić information content (AvgIpc) is 2.63. The standard InChI is InChI=1S/C20H12BrClFNO2/c21-13-7-10-18(24-20(26)12-5-8-14(23)9-6-12)16(11-13)19(25)15-3-1-2-4-17(15)22/h1-11H,(H,24,26). The van der Waals surface area contributed by atoms with Crippen molar-refractivity contribution < 1.29 is 14.0 Å². The van der Waals surface area contributed by atoms with Crippen molar-refractivity contribution in [3.05, 3.63) is 98.7 Å². The van der Waals surface area contributed by atoms with Crippen molar-refractivity contribution in [1.82, 2.24) is 0 Å². The molecule has 0 aliphatic carbocycles. The predicted octanol–water partition coefficient (Wildman–Crippen LogP) is 5.72. The number of anilines is 1. The molecule has 0 radical (unpaired) electrons. The number of benzene rings is 3. The van der Waals surface area contributed by atoms with Crippen LogP contribution >= 0.6 is 27.5 Å². The minimum Gasteiger partial charge on any atom is -0.321 e. The van der Waals surface area contributed by atoms with Gasteiger partial charge in [0.05, 0.1) is 10.7 Å². The maximum absolute atomic E-state index is 13.0. The summed E-state index contributed by atoms with van der Waals surface area (Å²) < 4.78 is 13.7. The van der Waals surface area contributed by atoms with E-state index >= 15 is 0 Å². The molecule has 0 unspecified atom stereocenters. The molecule has 0 saturated heterocycles. The third kappa shape index (κ3) is 4.00. The second-order valence-electron chi connectivity index (χ2n) is 5.46. The summed E-state index contributed by atoms with van der Waals surface area (Å²) in [4.78, 5) is 25.3.